The number of nitrogens with zero attached hydrogens (tertiary/aromatic N) is 3. The van der Waals surface area contributed by atoms with Crippen LogP contribution in [0.15, 0.2) is 60.0 Å². The number of hydrogen-bond donors (Lipinski definition) is 1. The third kappa shape index (κ3) is 5.48. The van der Waals surface area contributed by atoms with Gasteiger partial charge in [-0.25, -0.2) is 14.1 Å². The van der Waals surface area contributed by atoms with Crippen LogP contribution < -0.4 is 10.1 Å². The van der Waals surface area contributed by atoms with E-state index in [1.54, 1.807) is 47.1 Å². The lowest BCUT2D eigenvalue weighted by Crippen LogP contribution is -2.17. The van der Waals surface area contributed by atoms with E-state index in [0.29, 0.717) is 34.6 Å². The highest BCUT2D eigenvalue weighted by Gasteiger charge is 2.13. The third-order valence-corrected chi connectivity index (χ3v) is 5.41. The van der Waals surface area contributed by atoms with Gasteiger partial charge in [0.1, 0.15) is 29.0 Å². The molecular weight excluding hydrogens is 439 g/mol. The van der Waals surface area contributed by atoms with Crippen molar-refractivity contribution in [3.63, 3.8) is 0 Å². The molecule has 9 heteroatoms. The molecule has 0 radical (unpaired) electrons. The second-order valence-corrected chi connectivity index (χ2v) is 8.14. The Balaban J connectivity index is 1.37. The minimum atomic E-state index is -0.336. The number of benzene rings is 2. The number of ether oxygens (including phenoxy) is 1. The van der Waals surface area contributed by atoms with Gasteiger partial charge in [0.2, 0.25) is 5.91 Å². The van der Waals surface area contributed by atoms with Crippen LogP contribution in [-0.4, -0.2) is 20.7 Å². The molecule has 6 nitrogen and oxygen atoms in total. The molecule has 0 aliphatic carbocycles. The molecule has 31 heavy (non-hydrogen) atoms. The van der Waals surface area contributed by atoms with Crippen molar-refractivity contribution in [2.75, 3.05) is 5.32 Å². The van der Waals surface area contributed by atoms with Gasteiger partial charge in [-0.2, -0.15) is 5.10 Å². The summed E-state index contributed by atoms with van der Waals surface area (Å²) < 4.78 is 20.5. The molecule has 4 rings (SSSR count). The number of carbonyl (C=O) groups is 1. The van der Waals surface area contributed by atoms with E-state index >= 15 is 0 Å². The van der Waals surface area contributed by atoms with Gasteiger partial charge in [0.05, 0.1) is 23.5 Å². The summed E-state index contributed by atoms with van der Waals surface area (Å²) in [4.78, 5) is 17.0. The summed E-state index contributed by atoms with van der Waals surface area (Å²) in [7, 11) is 0. The lowest BCUT2D eigenvalue weighted by atomic mass is 10.3. The van der Waals surface area contributed by atoms with Gasteiger partial charge in [0, 0.05) is 16.5 Å². The Labute approximate surface area is 187 Å². The van der Waals surface area contributed by atoms with Crippen molar-refractivity contribution in [3.8, 4) is 11.4 Å². The van der Waals surface area contributed by atoms with Crippen LogP contribution in [0.2, 0.25) is 5.02 Å². The molecule has 0 aliphatic rings. The molecule has 1 N–H and O–H groups in total. The van der Waals surface area contributed by atoms with Gasteiger partial charge < -0.3 is 10.1 Å². The lowest BCUT2D eigenvalue weighted by Gasteiger charge is -2.08. The van der Waals surface area contributed by atoms with Gasteiger partial charge in [-0.3, -0.25) is 4.79 Å². The molecule has 0 aliphatic heterocycles. The topological polar surface area (TPSA) is 69.0 Å². The standard InChI is InChI=1S/C22H18ClFN4O2S/c1-14-10-20(28(27-14)18-6-4-16(24)5-7-18)26-21(29)11-17-13-31-22(25-17)12-30-19-8-2-15(23)3-9-19/h2-10,13H,11-12H2,1H3,(H,26,29). The molecule has 0 atom stereocenters. The largest absolute Gasteiger partial charge is 0.486 e. The number of amides is 1. The lowest BCUT2D eigenvalue weighted by molar-refractivity contribution is -0.115. The maximum Gasteiger partial charge on any atom is 0.231 e. The number of anilines is 1. The molecule has 0 saturated heterocycles. The third-order valence-electron chi connectivity index (χ3n) is 4.29. The number of rotatable bonds is 7. The van der Waals surface area contributed by atoms with Crippen LogP contribution >= 0.6 is 22.9 Å². The Morgan fingerprint density at radius 1 is 1.19 bits per heavy atom. The van der Waals surface area contributed by atoms with E-state index in [4.69, 9.17) is 16.3 Å². The van der Waals surface area contributed by atoms with Crippen LogP contribution in [0.25, 0.3) is 5.69 Å². The normalized spacial score (nSPS) is 10.8. The van der Waals surface area contributed by atoms with Gasteiger partial charge in [0.15, 0.2) is 0 Å². The number of hydrogen-bond acceptors (Lipinski definition) is 5. The second-order valence-electron chi connectivity index (χ2n) is 6.76. The molecule has 0 bridgehead atoms. The number of aryl methyl sites for hydroxylation is 1. The Kier molecular flexibility index (Phi) is 6.29. The first-order valence-electron chi connectivity index (χ1n) is 9.40. The number of nitrogens with one attached hydrogen (secondary N) is 1. The summed E-state index contributed by atoms with van der Waals surface area (Å²) in [5.74, 6) is 0.648. The fourth-order valence-corrected chi connectivity index (χ4v) is 3.72. The Morgan fingerprint density at radius 2 is 1.94 bits per heavy atom. The number of thiazole rings is 1. The fraction of sp³-hybridized carbons (Fsp3) is 0.136. The van der Waals surface area contributed by atoms with Crippen LogP contribution in [0.3, 0.4) is 0 Å². The van der Waals surface area contributed by atoms with E-state index in [1.165, 1.54) is 23.5 Å². The molecule has 0 saturated carbocycles. The Hall–Kier alpha value is -3.23. The first-order chi connectivity index (χ1) is 15.0. The predicted molar refractivity (Wildman–Crippen MR) is 118 cm³/mol. The van der Waals surface area contributed by atoms with Crippen molar-refractivity contribution in [2.45, 2.75) is 20.0 Å². The van der Waals surface area contributed by atoms with Gasteiger partial charge in [-0.15, -0.1) is 11.3 Å². The molecule has 0 unspecified atom stereocenters. The zero-order chi connectivity index (χ0) is 21.8. The Morgan fingerprint density at radius 3 is 2.68 bits per heavy atom. The number of carbonyl (C=O) groups excluding carboxylic acids is 1. The van der Waals surface area contributed by atoms with Crippen LogP contribution in [0.1, 0.15) is 16.4 Å². The predicted octanol–water partition coefficient (Wildman–Crippen LogP) is 5.19. The van der Waals surface area contributed by atoms with E-state index < -0.39 is 0 Å². The van der Waals surface area contributed by atoms with Crippen LogP contribution in [0.5, 0.6) is 5.75 Å². The molecule has 2 aromatic heterocycles. The molecule has 0 spiro atoms. The molecular formula is C22H18ClFN4O2S. The first-order valence-corrected chi connectivity index (χ1v) is 10.7. The average molecular weight is 457 g/mol. The van der Waals surface area contributed by atoms with Crippen LogP contribution in [0.4, 0.5) is 10.2 Å². The monoisotopic (exact) mass is 456 g/mol. The summed E-state index contributed by atoms with van der Waals surface area (Å²) in [6.45, 7) is 2.13. The maximum absolute atomic E-state index is 13.2. The van der Waals surface area contributed by atoms with Crippen molar-refractivity contribution in [1.82, 2.24) is 14.8 Å². The van der Waals surface area contributed by atoms with Gasteiger partial charge in [-0.05, 0) is 55.5 Å². The maximum atomic E-state index is 13.2. The smallest absolute Gasteiger partial charge is 0.231 e. The molecule has 4 aromatic rings. The van der Waals surface area contributed by atoms with E-state index in [1.807, 2.05) is 12.3 Å². The summed E-state index contributed by atoms with van der Waals surface area (Å²) in [5.41, 5.74) is 2.04. The van der Waals surface area contributed by atoms with Crippen LogP contribution in [0, 0.1) is 12.7 Å². The number of aromatic nitrogens is 3. The summed E-state index contributed by atoms with van der Waals surface area (Å²) >= 11 is 7.30. The van der Waals surface area contributed by atoms with Crippen molar-refractivity contribution in [2.24, 2.45) is 0 Å². The second kappa shape index (κ2) is 9.28. The highest BCUT2D eigenvalue weighted by atomic mass is 35.5. The summed E-state index contributed by atoms with van der Waals surface area (Å²) in [6, 6.07) is 14.7. The van der Waals surface area contributed by atoms with Gasteiger partial charge >= 0.3 is 0 Å². The van der Waals surface area contributed by atoms with Crippen molar-refractivity contribution in [1.29, 1.82) is 0 Å². The van der Waals surface area contributed by atoms with Gasteiger partial charge in [0.25, 0.3) is 0 Å². The molecule has 1 amide bonds. The zero-order valence-electron chi connectivity index (χ0n) is 16.5. The molecule has 0 fully saturated rings. The highest BCUT2D eigenvalue weighted by Crippen LogP contribution is 2.20. The average Bonchev–Trinajstić information content (AvgIpc) is 3.34. The minimum Gasteiger partial charge on any atom is -0.486 e. The molecule has 2 aromatic carbocycles. The first kappa shape index (κ1) is 21.0. The van der Waals surface area contributed by atoms with E-state index in [0.717, 1.165) is 10.7 Å². The molecule has 158 valence electrons. The minimum absolute atomic E-state index is 0.116. The summed E-state index contributed by atoms with van der Waals surface area (Å²) in [5, 5.41) is 10.5. The van der Waals surface area contributed by atoms with E-state index in [9.17, 15) is 9.18 Å². The number of halogens is 2. The van der Waals surface area contributed by atoms with Crippen molar-refractivity contribution < 1.29 is 13.9 Å². The van der Waals surface area contributed by atoms with Gasteiger partial charge in [-0.1, -0.05) is 11.6 Å². The SMILES string of the molecule is Cc1cc(NC(=O)Cc2csc(COc3ccc(Cl)cc3)n2)n(-c2ccc(F)cc2)n1. The quantitative estimate of drug-likeness (QED) is 0.415. The van der Waals surface area contributed by atoms with Crippen molar-refractivity contribution >= 4 is 34.7 Å². The fourth-order valence-electron chi connectivity index (χ4n) is 2.89. The Bertz CT molecular complexity index is 1190. The highest BCUT2D eigenvalue weighted by molar-refractivity contribution is 7.09. The van der Waals surface area contributed by atoms with Crippen LogP contribution in [-0.2, 0) is 17.8 Å². The molecule has 2 heterocycles. The van der Waals surface area contributed by atoms with E-state index in [2.05, 4.69) is 15.4 Å². The van der Waals surface area contributed by atoms with Crippen molar-refractivity contribution in [3.05, 3.63) is 87.2 Å². The zero-order valence-corrected chi connectivity index (χ0v) is 18.1. The van der Waals surface area contributed by atoms with E-state index in [-0.39, 0.29) is 18.1 Å². The summed E-state index contributed by atoms with van der Waals surface area (Å²) in [6.07, 6.45) is 0.116.